The molecule has 0 bridgehead atoms. The molecule has 10 aromatic heterocycles. The van der Waals surface area contributed by atoms with Crippen LogP contribution in [0.3, 0.4) is 0 Å². The second-order valence-corrected chi connectivity index (χ2v) is 36.7. The van der Waals surface area contributed by atoms with Crippen molar-refractivity contribution in [2.24, 2.45) is 0 Å². The quantitative estimate of drug-likeness (QED) is 0.0351. The van der Waals surface area contributed by atoms with Gasteiger partial charge in [-0.1, -0.05) is 188 Å². The smallest absolute Gasteiger partial charge is 0.394 e. The Morgan fingerprint density at radius 1 is 0.277 bits per heavy atom. The molecule has 0 saturated carbocycles. The van der Waals surface area contributed by atoms with Gasteiger partial charge in [0.05, 0.1) is 85.9 Å². The number of aromatic nitrogens is 15. The van der Waals surface area contributed by atoms with E-state index in [1.54, 1.807) is 54.4 Å². The Balaban J connectivity index is 0.000000132. The van der Waals surface area contributed by atoms with Crippen LogP contribution >= 0.6 is 11.6 Å². The van der Waals surface area contributed by atoms with Gasteiger partial charge >= 0.3 is 6.18 Å². The number of nitrogens with one attached hydrogen (secondary N) is 5. The summed E-state index contributed by atoms with van der Waals surface area (Å²) in [6.45, 7) is 28.9. The van der Waals surface area contributed by atoms with Crippen molar-refractivity contribution in [2.45, 2.75) is 140 Å². The molecule has 20 rings (SSSR count). The fourth-order valence-corrected chi connectivity index (χ4v) is 18.2. The standard InChI is InChI=1S/C24H24N4O.C23H21ClN4O.C23H20F3N5O.2C23H23N5O/c1-15-9-8-10-19-13-21(17(3)26-23-16(2)14-25-18(4)27-23)28(24(29)22(15)19)20-11-6-5-7-12-20;1-14-13-25-16(3)27-22(14)26-15(2)20-12-17-8-7-11-19(24)21(17)23(29)28(20)18-9-5-4-6-10-18;1-13-7-6-8-15-11-18(31(21(32)19(13)15)16-9-4-3-5-10-16)14(2)29-22-28-12-17(20(27)30-22)23(24,25)26;2*1-14-8-7-9-17-12-20(15(2)26-22-19(24)13-25-16(3)27-22)28(23(29)21(14)17)18-10-5-4-6-11-18/h5-14,17H,1-4H3,(H,25,26,27);4-13,15H,1-3H3,(H,25,26,27);3-12,14H,1-2H3,(H3,27,28,29,30);2*4-13,15H,24H2,1-3H3,(H,25,26,27)/t17-;15-;14-;;/m010../s1. The molecule has 5 atom stereocenters. The number of para-hydroxylation sites is 5. The molecule has 748 valence electrons. The minimum Gasteiger partial charge on any atom is -0.394 e. The van der Waals surface area contributed by atoms with E-state index in [1.807, 2.05) is 352 Å². The maximum absolute atomic E-state index is 13.6. The summed E-state index contributed by atoms with van der Waals surface area (Å²) in [5.41, 5.74) is 30.6. The number of aryl methyl sites for hydroxylation is 10. The highest BCUT2D eigenvalue weighted by atomic mass is 35.5. The van der Waals surface area contributed by atoms with Gasteiger partial charge in [-0.15, -0.1) is 0 Å². The third-order valence-corrected chi connectivity index (χ3v) is 25.7. The van der Waals surface area contributed by atoms with Gasteiger partial charge in [0.25, 0.3) is 27.8 Å². The Hall–Kier alpha value is -17.9. The molecule has 11 N–H and O–H groups in total. The highest BCUT2D eigenvalue weighted by Gasteiger charge is 2.35. The number of hydrogen-bond acceptors (Lipinski definition) is 23. The summed E-state index contributed by atoms with van der Waals surface area (Å²) in [5, 5.41) is 24.7. The van der Waals surface area contributed by atoms with Crippen molar-refractivity contribution in [3.63, 3.8) is 0 Å². The number of fused-ring (bicyclic) bond motifs is 5. The van der Waals surface area contributed by atoms with Crippen LogP contribution in [-0.4, -0.2) is 72.7 Å². The van der Waals surface area contributed by atoms with Gasteiger partial charge in [-0.2, -0.15) is 18.2 Å². The van der Waals surface area contributed by atoms with Gasteiger partial charge in [0.1, 0.15) is 46.3 Å². The first-order chi connectivity index (χ1) is 71.0. The molecule has 0 aliphatic rings. The van der Waals surface area contributed by atoms with Gasteiger partial charge in [-0.25, -0.2) is 44.9 Å². The molecule has 0 aliphatic carbocycles. The number of nitrogens with two attached hydrogens (primary N) is 3. The number of anilines is 8. The van der Waals surface area contributed by atoms with Crippen molar-refractivity contribution in [3.8, 4) is 28.4 Å². The molecule has 148 heavy (non-hydrogen) atoms. The van der Waals surface area contributed by atoms with E-state index in [1.165, 1.54) is 0 Å². The van der Waals surface area contributed by atoms with Crippen LogP contribution in [0.25, 0.3) is 82.3 Å². The predicted octanol–water partition coefficient (Wildman–Crippen LogP) is 23.3. The first-order valence-electron chi connectivity index (χ1n) is 48.0. The highest BCUT2D eigenvalue weighted by molar-refractivity contribution is 6.35. The van der Waals surface area contributed by atoms with Gasteiger partial charge in [0, 0.05) is 86.6 Å². The highest BCUT2D eigenvalue weighted by Crippen LogP contribution is 2.37. The number of halogens is 4. The number of nitrogens with zero attached hydrogens (tertiary/aromatic N) is 15. The van der Waals surface area contributed by atoms with E-state index in [2.05, 4.69) is 94.6 Å². The van der Waals surface area contributed by atoms with E-state index in [-0.39, 0.29) is 57.9 Å². The topological polar surface area (TPSA) is 377 Å². The Bertz CT molecular complexity index is 7890. The average molecular weight is 2000 g/mol. The van der Waals surface area contributed by atoms with Crippen LogP contribution in [0.15, 0.2) is 328 Å². The number of nitrogen functional groups attached to an aromatic ring is 3. The lowest BCUT2D eigenvalue weighted by Gasteiger charge is -2.22. The van der Waals surface area contributed by atoms with Crippen molar-refractivity contribution >= 4 is 112 Å². The summed E-state index contributed by atoms with van der Waals surface area (Å²) in [4.78, 5) is 110. The van der Waals surface area contributed by atoms with Crippen LogP contribution in [0.2, 0.25) is 5.02 Å². The molecule has 0 fully saturated rings. The summed E-state index contributed by atoms with van der Waals surface area (Å²) < 4.78 is 47.5. The lowest BCUT2D eigenvalue weighted by atomic mass is 10.0. The van der Waals surface area contributed by atoms with E-state index in [0.717, 1.165) is 134 Å². The van der Waals surface area contributed by atoms with E-state index in [9.17, 15) is 37.1 Å². The van der Waals surface area contributed by atoms with Crippen molar-refractivity contribution in [2.75, 3.05) is 43.8 Å². The molecular weight excluding hydrogens is 1890 g/mol. The maximum Gasteiger partial charge on any atom is 0.421 e. The van der Waals surface area contributed by atoms with Gasteiger partial charge in [0.2, 0.25) is 5.95 Å². The SMILES string of the molecule is Cc1cccc2cc([C@H](C)Nc3ncc(C(F)(F)F)c(N)n3)n(-c3ccccc3)c(=O)c12.Cc1ncc(C)c(N[C@@H](C)c2cc3cccc(C)c3c(=O)n2-c2ccccc2)n1.Cc1ncc(C)c(N[C@H](C)c2cc3cccc(Cl)c3c(=O)n2-c2ccccc2)n1.Cc1ncc(N)c(NC(C)c2cc3cccc(C)c3c(=O)n2-c2ccccc2)n1.Cc1ncc(N)c(NC(C)c2cc3cccc(C)c3c(=O)n2-c2ccccc2)n1. The van der Waals surface area contributed by atoms with E-state index in [0.29, 0.717) is 79.7 Å². The van der Waals surface area contributed by atoms with Gasteiger partial charge in [0.15, 0.2) is 11.6 Å². The Morgan fingerprint density at radius 2 is 0.520 bits per heavy atom. The van der Waals surface area contributed by atoms with Crippen molar-refractivity contribution in [1.82, 2.24) is 72.7 Å². The maximum atomic E-state index is 13.6. The molecule has 10 heterocycles. The number of pyridine rings is 5. The van der Waals surface area contributed by atoms with Crippen LogP contribution in [0.1, 0.15) is 156 Å². The zero-order valence-electron chi connectivity index (χ0n) is 84.2. The second kappa shape index (κ2) is 44.6. The first-order valence-corrected chi connectivity index (χ1v) is 48.4. The van der Waals surface area contributed by atoms with E-state index < -0.39 is 23.6 Å². The second-order valence-electron chi connectivity index (χ2n) is 36.2. The fraction of sp³-hybridized carbons (Fsp3) is 0.181. The zero-order valence-corrected chi connectivity index (χ0v) is 85.0. The third-order valence-electron chi connectivity index (χ3n) is 25.4. The number of hydrogen-bond donors (Lipinski definition) is 8. The lowest BCUT2D eigenvalue weighted by molar-refractivity contribution is -0.137. The Labute approximate surface area is 856 Å². The Kier molecular flexibility index (Phi) is 31.0. The molecule has 20 aromatic rings. The largest absolute Gasteiger partial charge is 0.421 e. The monoisotopic (exact) mass is 2000 g/mol. The van der Waals surface area contributed by atoms with Gasteiger partial charge in [-0.05, 0) is 250 Å². The number of benzene rings is 10. The normalized spacial score (nSPS) is 12.2. The first kappa shape index (κ1) is 103. The van der Waals surface area contributed by atoms with E-state index in [4.69, 9.17) is 28.8 Å². The predicted molar refractivity (Wildman–Crippen MR) is 589 cm³/mol. The summed E-state index contributed by atoms with van der Waals surface area (Å²) in [7, 11) is 0. The van der Waals surface area contributed by atoms with Gasteiger partial charge < -0.3 is 43.8 Å². The lowest BCUT2D eigenvalue weighted by Crippen LogP contribution is -2.26. The van der Waals surface area contributed by atoms with Crippen LogP contribution in [0.4, 0.5) is 59.6 Å². The fourth-order valence-electron chi connectivity index (χ4n) is 18.0. The van der Waals surface area contributed by atoms with Crippen LogP contribution in [-0.2, 0) is 6.18 Å². The molecule has 10 aromatic carbocycles. The number of alkyl halides is 3. The summed E-state index contributed by atoms with van der Waals surface area (Å²) in [6.07, 6.45) is 2.79. The molecular formula is C116H111ClF3N23O5. The molecule has 32 heteroatoms. The van der Waals surface area contributed by atoms with Crippen LogP contribution in [0.5, 0.6) is 0 Å². The zero-order chi connectivity index (χ0) is 105. The van der Waals surface area contributed by atoms with Crippen molar-refractivity contribution in [1.29, 1.82) is 0 Å². The van der Waals surface area contributed by atoms with Crippen LogP contribution in [0, 0.1) is 69.2 Å². The minimum absolute atomic E-state index is 0.00830. The number of rotatable bonds is 20. The van der Waals surface area contributed by atoms with Gasteiger partial charge in [-0.3, -0.25) is 46.8 Å². The molecule has 0 radical (unpaired) electrons. The Morgan fingerprint density at radius 3 is 0.797 bits per heavy atom. The molecule has 28 nitrogen and oxygen atoms in total. The summed E-state index contributed by atoms with van der Waals surface area (Å²) in [5.74, 6) is 4.56. The molecule has 0 spiro atoms. The molecule has 0 aliphatic heterocycles. The minimum atomic E-state index is -4.64. The average Bonchev–Trinajstić information content (AvgIpc) is 0.773. The van der Waals surface area contributed by atoms with Crippen LogP contribution < -0.4 is 71.6 Å². The van der Waals surface area contributed by atoms with E-state index >= 15 is 0 Å². The third kappa shape index (κ3) is 22.5. The molecule has 0 amide bonds. The summed E-state index contributed by atoms with van der Waals surface area (Å²) in [6, 6.07) is 85.5. The van der Waals surface area contributed by atoms with Crippen molar-refractivity contribution in [3.05, 3.63) is 451 Å². The molecule has 2 unspecified atom stereocenters. The van der Waals surface area contributed by atoms with Crippen molar-refractivity contribution < 1.29 is 13.2 Å². The summed E-state index contributed by atoms with van der Waals surface area (Å²) >= 11 is 6.38. The molecule has 0 saturated heterocycles.